The summed E-state index contributed by atoms with van der Waals surface area (Å²) in [5, 5.41) is 3.96. The molecule has 0 aromatic heterocycles. The van der Waals surface area contributed by atoms with E-state index in [0.717, 1.165) is 10.7 Å². The zero-order valence-electron chi connectivity index (χ0n) is 12.8. The quantitative estimate of drug-likeness (QED) is 0.611. The van der Waals surface area contributed by atoms with Crippen molar-refractivity contribution in [3.05, 3.63) is 71.3 Å². The van der Waals surface area contributed by atoms with Gasteiger partial charge in [-0.2, -0.15) is 0 Å². The number of ether oxygens (including phenoxy) is 2. The highest BCUT2D eigenvalue weighted by molar-refractivity contribution is 6.30. The molecule has 0 aliphatic rings. The molecule has 5 heteroatoms. The molecule has 2 aromatic carbocycles. The van der Waals surface area contributed by atoms with Crippen LogP contribution in [-0.2, 0) is 4.74 Å². The smallest absolute Gasteiger partial charge is 0.337 e. The number of rotatable bonds is 7. The minimum atomic E-state index is -0.357. The maximum Gasteiger partial charge on any atom is 0.337 e. The van der Waals surface area contributed by atoms with Gasteiger partial charge in [0.25, 0.3) is 0 Å². The average molecular weight is 332 g/mol. The molecule has 0 saturated carbocycles. The molecule has 2 rings (SSSR count). The van der Waals surface area contributed by atoms with E-state index in [1.54, 1.807) is 24.3 Å². The molecule has 0 heterocycles. The third-order valence-electron chi connectivity index (χ3n) is 3.06. The minimum Gasteiger partial charge on any atom is -0.490 e. The lowest BCUT2D eigenvalue weighted by Gasteiger charge is -2.05. The summed E-state index contributed by atoms with van der Waals surface area (Å²) < 4.78 is 10.2. The average Bonchev–Trinajstić information content (AvgIpc) is 2.59. The summed E-state index contributed by atoms with van der Waals surface area (Å²) in [5.41, 5.74) is 1.51. The summed E-state index contributed by atoms with van der Waals surface area (Å²) in [6.45, 7) is 1.16. The van der Waals surface area contributed by atoms with Crippen LogP contribution in [-0.4, -0.2) is 26.2 Å². The van der Waals surface area contributed by atoms with Crippen molar-refractivity contribution in [3.63, 3.8) is 0 Å². The zero-order chi connectivity index (χ0) is 16.5. The van der Waals surface area contributed by atoms with Gasteiger partial charge in [0.1, 0.15) is 12.4 Å². The number of esters is 1. The molecule has 1 N–H and O–H groups in total. The number of hydrogen-bond acceptors (Lipinski definition) is 4. The van der Waals surface area contributed by atoms with Gasteiger partial charge in [-0.15, -0.1) is 0 Å². The van der Waals surface area contributed by atoms with Crippen LogP contribution in [0, 0.1) is 0 Å². The molecule has 2 aromatic rings. The molecular formula is C18H18ClNO3. The second kappa shape index (κ2) is 8.86. The van der Waals surface area contributed by atoms with Gasteiger partial charge in [-0.3, -0.25) is 0 Å². The van der Waals surface area contributed by atoms with Crippen LogP contribution in [0.15, 0.2) is 60.7 Å². The van der Waals surface area contributed by atoms with E-state index in [2.05, 4.69) is 10.1 Å². The normalized spacial score (nSPS) is 10.5. The van der Waals surface area contributed by atoms with Crippen molar-refractivity contribution in [1.82, 2.24) is 0 Å². The van der Waals surface area contributed by atoms with E-state index in [9.17, 15) is 4.79 Å². The van der Waals surface area contributed by atoms with Crippen LogP contribution in [0.5, 0.6) is 5.75 Å². The summed E-state index contributed by atoms with van der Waals surface area (Å²) in [6, 6.07) is 14.4. The van der Waals surface area contributed by atoms with Crippen molar-refractivity contribution in [2.75, 3.05) is 25.6 Å². The molecule has 0 spiro atoms. The fraction of sp³-hybridized carbons (Fsp3) is 0.167. The van der Waals surface area contributed by atoms with Crippen LogP contribution in [0.25, 0.3) is 0 Å². The Kier molecular flexibility index (Phi) is 6.51. The topological polar surface area (TPSA) is 47.6 Å². The summed E-state index contributed by atoms with van der Waals surface area (Å²) >= 11 is 5.82. The van der Waals surface area contributed by atoms with Crippen molar-refractivity contribution in [1.29, 1.82) is 0 Å². The van der Waals surface area contributed by atoms with Gasteiger partial charge in [0.2, 0.25) is 0 Å². The second-order valence-corrected chi connectivity index (χ2v) is 5.12. The predicted molar refractivity (Wildman–Crippen MR) is 92.4 cm³/mol. The van der Waals surface area contributed by atoms with Gasteiger partial charge in [-0.05, 0) is 54.6 Å². The highest BCUT2D eigenvalue weighted by atomic mass is 35.5. The van der Waals surface area contributed by atoms with E-state index in [1.807, 2.05) is 36.4 Å². The van der Waals surface area contributed by atoms with E-state index in [4.69, 9.17) is 16.3 Å². The number of benzene rings is 2. The Balaban J connectivity index is 1.70. The van der Waals surface area contributed by atoms with Crippen LogP contribution in [0.3, 0.4) is 0 Å². The number of halogens is 1. The maximum atomic E-state index is 11.3. The lowest BCUT2D eigenvalue weighted by molar-refractivity contribution is 0.0600. The second-order valence-electron chi connectivity index (χ2n) is 4.69. The van der Waals surface area contributed by atoms with Crippen molar-refractivity contribution in [2.45, 2.75) is 0 Å². The number of methoxy groups -OCH3 is 1. The molecule has 0 unspecified atom stereocenters. The van der Waals surface area contributed by atoms with Gasteiger partial charge in [-0.1, -0.05) is 17.7 Å². The number of carbonyl (C=O) groups excluding carboxylic acids is 1. The third kappa shape index (κ3) is 5.68. The first kappa shape index (κ1) is 16.9. The highest BCUT2D eigenvalue weighted by Crippen LogP contribution is 2.14. The fourth-order valence-electron chi connectivity index (χ4n) is 1.85. The van der Waals surface area contributed by atoms with Crippen LogP contribution in [0.1, 0.15) is 10.4 Å². The summed E-state index contributed by atoms with van der Waals surface area (Å²) in [5.74, 6) is 0.345. The first-order valence-corrected chi connectivity index (χ1v) is 7.52. The molecule has 4 nitrogen and oxygen atoms in total. The summed E-state index contributed by atoms with van der Waals surface area (Å²) in [7, 11) is 1.36. The molecule has 0 amide bonds. The first-order valence-electron chi connectivity index (χ1n) is 7.14. The van der Waals surface area contributed by atoms with E-state index < -0.39 is 0 Å². The summed E-state index contributed by atoms with van der Waals surface area (Å²) in [6.07, 6.45) is 3.91. The van der Waals surface area contributed by atoms with E-state index >= 15 is 0 Å². The van der Waals surface area contributed by atoms with Gasteiger partial charge < -0.3 is 14.8 Å². The highest BCUT2D eigenvalue weighted by Gasteiger charge is 2.03. The molecule has 0 saturated heterocycles. The van der Waals surface area contributed by atoms with E-state index in [-0.39, 0.29) is 5.97 Å². The lowest BCUT2D eigenvalue weighted by Crippen LogP contribution is -2.01. The molecule has 0 aliphatic heterocycles. The largest absolute Gasteiger partial charge is 0.490 e. The van der Waals surface area contributed by atoms with Crippen molar-refractivity contribution >= 4 is 23.3 Å². The molecule has 0 atom stereocenters. The Labute approximate surface area is 140 Å². The van der Waals surface area contributed by atoms with Crippen LogP contribution < -0.4 is 10.1 Å². The van der Waals surface area contributed by atoms with Gasteiger partial charge in [-0.25, -0.2) is 4.79 Å². The molecular weight excluding hydrogens is 314 g/mol. The van der Waals surface area contributed by atoms with Gasteiger partial charge in [0.05, 0.1) is 12.7 Å². The number of anilines is 1. The maximum absolute atomic E-state index is 11.3. The molecule has 0 radical (unpaired) electrons. The van der Waals surface area contributed by atoms with E-state index in [1.165, 1.54) is 7.11 Å². The zero-order valence-corrected chi connectivity index (χ0v) is 13.5. The van der Waals surface area contributed by atoms with Gasteiger partial charge in [0.15, 0.2) is 0 Å². The van der Waals surface area contributed by atoms with Gasteiger partial charge in [0, 0.05) is 17.3 Å². The molecule has 0 fully saturated rings. The Bertz CT molecular complexity index is 651. The minimum absolute atomic E-state index is 0.357. The number of hydrogen-bond donors (Lipinski definition) is 1. The van der Waals surface area contributed by atoms with Crippen LogP contribution >= 0.6 is 11.6 Å². The molecule has 23 heavy (non-hydrogen) atoms. The lowest BCUT2D eigenvalue weighted by atomic mass is 10.2. The van der Waals surface area contributed by atoms with Crippen molar-refractivity contribution in [2.24, 2.45) is 0 Å². The third-order valence-corrected chi connectivity index (χ3v) is 3.31. The Morgan fingerprint density at radius 3 is 2.43 bits per heavy atom. The monoisotopic (exact) mass is 331 g/mol. The molecule has 0 aliphatic carbocycles. The van der Waals surface area contributed by atoms with Crippen molar-refractivity contribution < 1.29 is 14.3 Å². The Morgan fingerprint density at radius 1 is 1.09 bits per heavy atom. The molecule has 0 bridgehead atoms. The Hall–Kier alpha value is -2.46. The number of carbonyl (C=O) groups is 1. The number of nitrogens with one attached hydrogen (secondary N) is 1. The SMILES string of the molecule is COC(=O)c1ccc(OC/C=C/CNc2ccc(Cl)cc2)cc1. The standard InChI is InChI=1S/C18H18ClNO3/c1-22-18(21)14-4-10-17(11-5-14)23-13-3-2-12-20-16-8-6-15(19)7-9-16/h2-11,20H,12-13H2,1H3/b3-2+. The van der Waals surface area contributed by atoms with Gasteiger partial charge >= 0.3 is 5.97 Å². The first-order chi connectivity index (χ1) is 11.2. The van der Waals surface area contributed by atoms with Crippen molar-refractivity contribution in [3.8, 4) is 5.75 Å². The predicted octanol–water partition coefficient (Wildman–Crippen LogP) is 4.17. The molecule has 120 valence electrons. The van der Waals surface area contributed by atoms with Crippen LogP contribution in [0.4, 0.5) is 5.69 Å². The summed E-state index contributed by atoms with van der Waals surface area (Å²) in [4.78, 5) is 11.3. The van der Waals surface area contributed by atoms with E-state index in [0.29, 0.717) is 24.5 Å². The fourth-order valence-corrected chi connectivity index (χ4v) is 1.97. The Morgan fingerprint density at radius 2 is 1.78 bits per heavy atom. The van der Waals surface area contributed by atoms with Crippen LogP contribution in [0.2, 0.25) is 5.02 Å².